The van der Waals surface area contributed by atoms with Crippen molar-refractivity contribution in [3.8, 4) is 0 Å². The molecule has 0 aliphatic rings. The molecule has 0 aliphatic carbocycles. The van der Waals surface area contributed by atoms with Crippen LogP contribution in [-0.2, 0) is 4.57 Å². The lowest BCUT2D eigenvalue weighted by atomic mass is 10.2. The Bertz CT molecular complexity index is 464. The molecule has 0 amide bonds. The highest BCUT2D eigenvalue weighted by Gasteiger charge is 2.32. The van der Waals surface area contributed by atoms with E-state index in [0.29, 0.717) is 9.52 Å². The van der Waals surface area contributed by atoms with E-state index in [1.165, 1.54) is 5.19 Å². The smallest absolute Gasteiger partial charge is 0.214 e. The number of nitrogens with zero attached hydrogens (tertiary/aromatic N) is 1. The first kappa shape index (κ1) is 16.4. The lowest BCUT2D eigenvalue weighted by molar-refractivity contribution is 0.411. The fourth-order valence-corrected chi connectivity index (χ4v) is 6.33. The predicted octanol–water partition coefficient (Wildman–Crippen LogP) is 2.17. The van der Waals surface area contributed by atoms with E-state index < -0.39 is 7.37 Å². The highest BCUT2D eigenvalue weighted by atomic mass is 31.2. The Morgan fingerprint density at radius 2 is 2.00 bits per heavy atom. The van der Waals surface area contributed by atoms with E-state index in [4.69, 9.17) is 0 Å². The van der Waals surface area contributed by atoms with E-state index in [9.17, 15) is 9.46 Å². The van der Waals surface area contributed by atoms with Gasteiger partial charge in [-0.05, 0) is 19.1 Å². The monoisotopic (exact) mass is 295 g/mol. The van der Waals surface area contributed by atoms with Gasteiger partial charge in [-0.1, -0.05) is 48.5 Å². The number of hydrogen-bond acceptors (Lipinski definition) is 2. The molecule has 2 atom stereocenters. The predicted molar refractivity (Wildman–Crippen MR) is 83.6 cm³/mol. The average molecular weight is 295 g/mol. The second kappa shape index (κ2) is 6.66. The molecular formula is C14H22NO2PSi. The molecule has 0 saturated heterocycles. The summed E-state index contributed by atoms with van der Waals surface area (Å²) in [7, 11) is 0.914. The van der Waals surface area contributed by atoms with Crippen molar-refractivity contribution in [1.29, 1.82) is 0 Å². The Balaban J connectivity index is 2.81. The molecule has 1 aromatic rings. The normalized spacial score (nSPS) is 17.7. The lowest BCUT2D eigenvalue weighted by Crippen LogP contribution is -2.30. The molecule has 1 rings (SSSR count). The van der Waals surface area contributed by atoms with Crippen molar-refractivity contribution in [3.05, 3.63) is 43.0 Å². The minimum atomic E-state index is -3.16. The van der Waals surface area contributed by atoms with E-state index >= 15 is 0 Å². The van der Waals surface area contributed by atoms with Crippen molar-refractivity contribution in [3.63, 3.8) is 0 Å². The van der Waals surface area contributed by atoms with Gasteiger partial charge in [0.2, 0.25) is 7.37 Å². The van der Waals surface area contributed by atoms with Gasteiger partial charge in [-0.15, -0.1) is 6.58 Å². The zero-order valence-corrected chi connectivity index (χ0v) is 13.7. The molecular weight excluding hydrogens is 273 g/mol. The van der Waals surface area contributed by atoms with Crippen LogP contribution in [-0.4, -0.2) is 45.9 Å². The number of hydrogen-bond donors (Lipinski definition) is 1. The van der Waals surface area contributed by atoms with Crippen molar-refractivity contribution in [2.24, 2.45) is 0 Å². The maximum Gasteiger partial charge on any atom is 0.214 e. The first-order valence-corrected chi connectivity index (χ1v) is 9.22. The Morgan fingerprint density at radius 1 is 1.42 bits per heavy atom. The van der Waals surface area contributed by atoms with Crippen LogP contribution < -0.4 is 5.19 Å². The van der Waals surface area contributed by atoms with Crippen molar-refractivity contribution in [2.75, 3.05) is 26.5 Å². The van der Waals surface area contributed by atoms with Crippen LogP contribution in [0.3, 0.4) is 0 Å². The van der Waals surface area contributed by atoms with Crippen molar-refractivity contribution in [1.82, 2.24) is 4.90 Å². The van der Waals surface area contributed by atoms with Crippen molar-refractivity contribution < 1.29 is 9.46 Å². The molecule has 5 heteroatoms. The van der Waals surface area contributed by atoms with Crippen LogP contribution in [0.15, 0.2) is 43.0 Å². The van der Waals surface area contributed by atoms with E-state index in [2.05, 4.69) is 18.7 Å². The molecule has 2 unspecified atom stereocenters. The molecule has 0 spiro atoms. The van der Waals surface area contributed by atoms with Gasteiger partial charge >= 0.3 is 0 Å². The van der Waals surface area contributed by atoms with Gasteiger partial charge in [0.15, 0.2) is 0 Å². The van der Waals surface area contributed by atoms with Crippen molar-refractivity contribution in [2.45, 2.75) is 12.0 Å². The summed E-state index contributed by atoms with van der Waals surface area (Å²) in [5, 5.41) is 0.858. The van der Waals surface area contributed by atoms with Gasteiger partial charge in [0.1, 0.15) is 0 Å². The third kappa shape index (κ3) is 5.87. The number of benzene rings is 1. The molecule has 0 fully saturated rings. The maximum absolute atomic E-state index is 12.3. The van der Waals surface area contributed by atoms with E-state index in [1.54, 1.807) is 4.90 Å². The molecule has 0 aliphatic heterocycles. The minimum absolute atomic E-state index is 0.218. The second-order valence-electron chi connectivity index (χ2n) is 5.34. The Morgan fingerprint density at radius 3 is 2.47 bits per heavy atom. The summed E-state index contributed by atoms with van der Waals surface area (Å²) in [6, 6.07) is 10.1. The zero-order chi connectivity index (χ0) is 14.5. The molecule has 1 N–H and O–H groups in total. The van der Waals surface area contributed by atoms with Crippen LogP contribution in [0.2, 0.25) is 5.04 Å². The SMILES string of the molecule is C=CC(C)(CP(=O)(O)CN(C)C)[Si]c1ccccc1. The number of rotatable bonds is 7. The quantitative estimate of drug-likeness (QED) is 0.476. The Labute approximate surface area is 118 Å². The largest absolute Gasteiger partial charge is 0.343 e. The molecule has 104 valence electrons. The van der Waals surface area contributed by atoms with Gasteiger partial charge in [-0.25, -0.2) is 0 Å². The molecule has 19 heavy (non-hydrogen) atoms. The topological polar surface area (TPSA) is 40.5 Å². The third-order valence-electron chi connectivity index (χ3n) is 2.73. The standard InChI is InChI=1S/C14H22NO2PSi/c1-5-14(2,11-18(16,17)12-15(3)4)19-13-9-7-6-8-10-13/h5-10H,1,11-12H2,2-4H3,(H,16,17). The summed E-state index contributed by atoms with van der Waals surface area (Å²) in [6.45, 7) is 5.86. The van der Waals surface area contributed by atoms with Gasteiger partial charge in [0.05, 0.1) is 15.8 Å². The molecule has 0 bridgehead atoms. The van der Waals surface area contributed by atoms with E-state index in [-0.39, 0.29) is 17.5 Å². The summed E-state index contributed by atoms with van der Waals surface area (Å²) >= 11 is 0. The summed E-state index contributed by atoms with van der Waals surface area (Å²) in [5.41, 5.74) is 0. The van der Waals surface area contributed by atoms with Gasteiger partial charge in [0.25, 0.3) is 0 Å². The fourth-order valence-electron chi connectivity index (χ4n) is 2.01. The lowest BCUT2D eigenvalue weighted by Gasteiger charge is -2.28. The number of allylic oxidation sites excluding steroid dienone is 1. The second-order valence-corrected chi connectivity index (χ2v) is 9.60. The van der Waals surface area contributed by atoms with E-state index in [1.807, 2.05) is 45.3 Å². The Hall–Kier alpha value is -0.673. The van der Waals surface area contributed by atoms with Crippen LogP contribution >= 0.6 is 7.37 Å². The average Bonchev–Trinajstić information content (AvgIpc) is 2.27. The van der Waals surface area contributed by atoms with Crippen molar-refractivity contribution >= 4 is 22.1 Å². The first-order chi connectivity index (χ1) is 8.76. The first-order valence-electron chi connectivity index (χ1n) is 6.19. The highest BCUT2D eigenvalue weighted by Crippen LogP contribution is 2.49. The highest BCUT2D eigenvalue weighted by molar-refractivity contribution is 7.58. The molecule has 0 saturated carbocycles. The molecule has 2 radical (unpaired) electrons. The van der Waals surface area contributed by atoms with Gasteiger partial charge in [-0.2, -0.15) is 0 Å². The fraction of sp³-hybridized carbons (Fsp3) is 0.429. The van der Waals surface area contributed by atoms with Gasteiger partial charge < -0.3 is 9.79 Å². The Kier molecular flexibility index (Phi) is 5.75. The van der Waals surface area contributed by atoms with Crippen LogP contribution in [0.1, 0.15) is 6.92 Å². The minimum Gasteiger partial charge on any atom is -0.343 e. The molecule has 3 nitrogen and oxygen atoms in total. The summed E-state index contributed by atoms with van der Waals surface area (Å²) in [5.74, 6) is 0. The zero-order valence-electron chi connectivity index (χ0n) is 11.8. The van der Waals surface area contributed by atoms with E-state index in [0.717, 1.165) is 0 Å². The molecule has 0 aromatic heterocycles. The van der Waals surface area contributed by atoms with Crippen LogP contribution in [0.5, 0.6) is 0 Å². The van der Waals surface area contributed by atoms with Crippen LogP contribution in [0.25, 0.3) is 0 Å². The third-order valence-corrected chi connectivity index (χ3v) is 6.76. The van der Waals surface area contributed by atoms with Gasteiger partial charge in [0, 0.05) is 6.16 Å². The van der Waals surface area contributed by atoms with Crippen LogP contribution in [0.4, 0.5) is 0 Å². The molecule has 0 heterocycles. The molecule has 1 aromatic carbocycles. The maximum atomic E-state index is 12.3. The van der Waals surface area contributed by atoms with Crippen LogP contribution in [0, 0.1) is 0 Å². The summed E-state index contributed by atoms with van der Waals surface area (Å²) in [6.07, 6.45) is 2.31. The van der Waals surface area contributed by atoms with Gasteiger partial charge in [-0.3, -0.25) is 4.57 Å². The summed E-state index contributed by atoms with van der Waals surface area (Å²) < 4.78 is 12.3. The summed E-state index contributed by atoms with van der Waals surface area (Å²) in [4.78, 5) is 11.9.